The zero-order valence-electron chi connectivity index (χ0n) is 16.5. The minimum atomic E-state index is -4.06. The fraction of sp³-hybridized carbons (Fsp3) is 0.250. The first-order valence-corrected chi connectivity index (χ1v) is 12.6. The summed E-state index contributed by atoms with van der Waals surface area (Å²) >= 11 is 0. The second kappa shape index (κ2) is 9.96. The molecule has 1 unspecified atom stereocenters. The lowest BCUT2D eigenvalue weighted by Crippen LogP contribution is -2.44. The van der Waals surface area contributed by atoms with E-state index in [-0.39, 0.29) is 12.1 Å². The number of hydrogen-bond donors (Lipinski definition) is 2. The van der Waals surface area contributed by atoms with Crippen LogP contribution in [0.3, 0.4) is 0 Å². The van der Waals surface area contributed by atoms with E-state index in [0.29, 0.717) is 11.1 Å². The third-order valence-corrected chi connectivity index (χ3v) is 6.16. The molecule has 0 aliphatic carbocycles. The van der Waals surface area contributed by atoms with Crippen molar-refractivity contribution in [2.75, 3.05) is 17.3 Å². The van der Waals surface area contributed by atoms with Crippen LogP contribution in [0.1, 0.15) is 17.5 Å². The number of anilines is 1. The van der Waals surface area contributed by atoms with Gasteiger partial charge in [0.15, 0.2) is 0 Å². The summed E-state index contributed by atoms with van der Waals surface area (Å²) in [6, 6.07) is 11.3. The predicted molar refractivity (Wildman–Crippen MR) is 115 cm³/mol. The molecule has 162 valence electrons. The molecule has 0 saturated heterocycles. The van der Waals surface area contributed by atoms with Crippen LogP contribution < -0.4 is 10.0 Å². The van der Waals surface area contributed by atoms with Crippen molar-refractivity contribution in [1.82, 2.24) is 4.72 Å². The fourth-order valence-electron chi connectivity index (χ4n) is 2.45. The van der Waals surface area contributed by atoms with Gasteiger partial charge in [0.05, 0.1) is 5.75 Å². The Morgan fingerprint density at radius 2 is 1.77 bits per heavy atom. The third-order valence-electron chi connectivity index (χ3n) is 4.08. The molecule has 10 heteroatoms. The summed E-state index contributed by atoms with van der Waals surface area (Å²) in [4.78, 5) is 12.6. The summed E-state index contributed by atoms with van der Waals surface area (Å²) in [5.41, 5.74) is 1.15. The van der Waals surface area contributed by atoms with Gasteiger partial charge < -0.3 is 5.32 Å². The molecule has 7 nitrogen and oxygen atoms in total. The number of aryl methyl sites for hydroxylation is 1. The fourth-order valence-corrected chi connectivity index (χ4v) is 4.15. The first kappa shape index (κ1) is 23.7. The normalized spacial score (nSPS) is 13.3. The van der Waals surface area contributed by atoms with Gasteiger partial charge in [0.2, 0.25) is 15.9 Å². The van der Waals surface area contributed by atoms with Gasteiger partial charge in [-0.2, -0.15) is 4.72 Å². The maximum Gasteiger partial charge on any atom is 0.242 e. The molecule has 2 rings (SSSR count). The van der Waals surface area contributed by atoms with Gasteiger partial charge in [-0.05, 0) is 42.7 Å². The Bertz CT molecular complexity index is 1130. The maximum atomic E-state index is 13.7. The molecular formula is C20H23FN2O5S2. The number of hydrogen-bond acceptors (Lipinski definition) is 5. The van der Waals surface area contributed by atoms with E-state index in [1.807, 2.05) is 0 Å². The summed E-state index contributed by atoms with van der Waals surface area (Å²) in [7, 11) is -7.50. The SMILES string of the molecule is Cc1ccc(NC(=O)C(CCS(C)(=O)=O)NS(=O)(=O)C=Cc2ccccc2)cc1F. The summed E-state index contributed by atoms with van der Waals surface area (Å²) in [6.45, 7) is 1.56. The molecule has 0 aromatic heterocycles. The molecule has 2 aromatic carbocycles. The summed E-state index contributed by atoms with van der Waals surface area (Å²) in [6.07, 6.45) is 2.06. The van der Waals surface area contributed by atoms with Crippen molar-refractivity contribution in [2.24, 2.45) is 0 Å². The van der Waals surface area contributed by atoms with E-state index in [0.717, 1.165) is 17.7 Å². The van der Waals surface area contributed by atoms with Crippen molar-refractivity contribution in [3.8, 4) is 0 Å². The Hall–Kier alpha value is -2.56. The molecule has 0 heterocycles. The molecule has 0 spiro atoms. The zero-order valence-corrected chi connectivity index (χ0v) is 18.1. The number of sulfone groups is 1. The van der Waals surface area contributed by atoms with E-state index < -0.39 is 43.4 Å². The Balaban J connectivity index is 2.19. The number of nitrogens with one attached hydrogen (secondary N) is 2. The predicted octanol–water partition coefficient (Wildman–Crippen LogP) is 2.47. The summed E-state index contributed by atoms with van der Waals surface area (Å²) < 4.78 is 63.7. The Labute approximate surface area is 176 Å². The van der Waals surface area contributed by atoms with Crippen LogP contribution in [0.15, 0.2) is 53.9 Å². The lowest BCUT2D eigenvalue weighted by atomic mass is 10.2. The van der Waals surface area contributed by atoms with Gasteiger partial charge in [-0.25, -0.2) is 21.2 Å². The maximum absolute atomic E-state index is 13.7. The number of amides is 1. The van der Waals surface area contributed by atoms with E-state index in [9.17, 15) is 26.0 Å². The van der Waals surface area contributed by atoms with Crippen molar-refractivity contribution in [2.45, 2.75) is 19.4 Å². The molecule has 0 radical (unpaired) electrons. The Morgan fingerprint density at radius 3 is 2.37 bits per heavy atom. The topological polar surface area (TPSA) is 109 Å². The first-order valence-electron chi connectivity index (χ1n) is 8.95. The van der Waals surface area contributed by atoms with Crippen LogP contribution in [0.5, 0.6) is 0 Å². The van der Waals surface area contributed by atoms with Crippen LogP contribution in [0.4, 0.5) is 10.1 Å². The number of benzene rings is 2. The van der Waals surface area contributed by atoms with E-state index in [1.165, 1.54) is 18.2 Å². The molecule has 0 bridgehead atoms. The standard InChI is InChI=1S/C20H23FN2O5S2/c1-15-8-9-17(14-18(15)21)22-20(24)19(11-12-29(2,25)26)23-30(27,28)13-10-16-6-4-3-5-7-16/h3-10,13-14,19,23H,11-12H2,1-2H3,(H,22,24). The van der Waals surface area contributed by atoms with Gasteiger partial charge in [-0.1, -0.05) is 36.4 Å². The van der Waals surface area contributed by atoms with Crippen molar-refractivity contribution in [3.05, 3.63) is 70.9 Å². The van der Waals surface area contributed by atoms with Crippen molar-refractivity contribution in [3.63, 3.8) is 0 Å². The van der Waals surface area contributed by atoms with Gasteiger partial charge in [0.1, 0.15) is 21.7 Å². The monoisotopic (exact) mass is 454 g/mol. The smallest absolute Gasteiger partial charge is 0.242 e. The lowest BCUT2D eigenvalue weighted by molar-refractivity contribution is -0.117. The molecule has 1 amide bonds. The van der Waals surface area contributed by atoms with Crippen LogP contribution in [0.2, 0.25) is 0 Å². The van der Waals surface area contributed by atoms with E-state index in [1.54, 1.807) is 37.3 Å². The van der Waals surface area contributed by atoms with E-state index >= 15 is 0 Å². The molecule has 0 aliphatic heterocycles. The number of sulfonamides is 1. The van der Waals surface area contributed by atoms with Crippen LogP contribution >= 0.6 is 0 Å². The number of halogens is 1. The highest BCUT2D eigenvalue weighted by Crippen LogP contribution is 2.15. The number of carbonyl (C=O) groups is 1. The largest absolute Gasteiger partial charge is 0.325 e. The molecule has 2 N–H and O–H groups in total. The van der Waals surface area contributed by atoms with Gasteiger partial charge in [0.25, 0.3) is 0 Å². The highest BCUT2D eigenvalue weighted by Gasteiger charge is 2.25. The van der Waals surface area contributed by atoms with Crippen LogP contribution in [0, 0.1) is 12.7 Å². The molecule has 30 heavy (non-hydrogen) atoms. The second-order valence-corrected chi connectivity index (χ2v) is 10.7. The quantitative estimate of drug-likeness (QED) is 0.605. The minimum Gasteiger partial charge on any atom is -0.325 e. The minimum absolute atomic E-state index is 0.131. The summed E-state index contributed by atoms with van der Waals surface area (Å²) in [5, 5.41) is 3.32. The van der Waals surface area contributed by atoms with Crippen LogP contribution in [-0.2, 0) is 24.7 Å². The molecule has 0 saturated carbocycles. The third kappa shape index (κ3) is 8.05. The van der Waals surface area contributed by atoms with E-state index in [4.69, 9.17) is 0 Å². The number of carbonyl (C=O) groups excluding carboxylic acids is 1. The highest BCUT2D eigenvalue weighted by atomic mass is 32.2. The average Bonchev–Trinajstić information content (AvgIpc) is 2.66. The van der Waals surface area contributed by atoms with E-state index in [2.05, 4.69) is 10.0 Å². The molecule has 0 aliphatic rings. The van der Waals surface area contributed by atoms with Gasteiger partial charge in [0, 0.05) is 17.4 Å². The Morgan fingerprint density at radius 1 is 1.10 bits per heavy atom. The zero-order chi connectivity index (χ0) is 22.4. The number of rotatable bonds is 9. The molecule has 2 aromatic rings. The van der Waals surface area contributed by atoms with Gasteiger partial charge >= 0.3 is 0 Å². The van der Waals surface area contributed by atoms with Gasteiger partial charge in [-0.15, -0.1) is 0 Å². The van der Waals surface area contributed by atoms with Crippen molar-refractivity contribution < 1.29 is 26.0 Å². The Kier molecular flexibility index (Phi) is 7.88. The second-order valence-electron chi connectivity index (χ2n) is 6.80. The lowest BCUT2D eigenvalue weighted by Gasteiger charge is -2.17. The first-order chi connectivity index (χ1) is 14.0. The molecule has 1 atom stereocenters. The highest BCUT2D eigenvalue weighted by molar-refractivity contribution is 7.92. The van der Waals surface area contributed by atoms with Crippen molar-refractivity contribution in [1.29, 1.82) is 0 Å². The average molecular weight is 455 g/mol. The molecular weight excluding hydrogens is 431 g/mol. The molecule has 0 fully saturated rings. The van der Waals surface area contributed by atoms with Gasteiger partial charge in [-0.3, -0.25) is 4.79 Å². The van der Waals surface area contributed by atoms with Crippen LogP contribution in [0.25, 0.3) is 6.08 Å². The van der Waals surface area contributed by atoms with Crippen molar-refractivity contribution >= 4 is 37.5 Å². The summed E-state index contributed by atoms with van der Waals surface area (Å²) in [5.74, 6) is -1.73. The van der Waals surface area contributed by atoms with Crippen LogP contribution in [-0.4, -0.2) is 40.8 Å².